The lowest BCUT2D eigenvalue weighted by Crippen LogP contribution is -2.29. The maximum absolute atomic E-state index is 5.97. The Hall–Kier alpha value is -0.160. The van der Waals surface area contributed by atoms with Gasteiger partial charge in [-0.25, -0.2) is 0 Å². The van der Waals surface area contributed by atoms with Gasteiger partial charge in [0.25, 0.3) is 0 Å². The van der Waals surface area contributed by atoms with Crippen molar-refractivity contribution >= 4 is 0 Å². The fourth-order valence-electron chi connectivity index (χ4n) is 3.09. The van der Waals surface area contributed by atoms with Crippen LogP contribution in [0.1, 0.15) is 52.4 Å². The third-order valence-corrected chi connectivity index (χ3v) is 4.54. The van der Waals surface area contributed by atoms with Gasteiger partial charge < -0.3 is 19.9 Å². The summed E-state index contributed by atoms with van der Waals surface area (Å²) < 4.78 is 16.6. The van der Waals surface area contributed by atoms with Crippen molar-refractivity contribution < 1.29 is 14.2 Å². The molecular weight excluding hydrogens is 266 g/mol. The average molecular weight is 301 g/mol. The van der Waals surface area contributed by atoms with Crippen molar-refractivity contribution in [3.05, 3.63) is 0 Å². The molecule has 2 unspecified atom stereocenters. The van der Waals surface area contributed by atoms with Crippen LogP contribution in [0.2, 0.25) is 0 Å². The Labute approximate surface area is 130 Å². The Morgan fingerprint density at radius 1 is 1.00 bits per heavy atom. The number of rotatable bonds is 13. The van der Waals surface area contributed by atoms with Crippen LogP contribution in [0.3, 0.4) is 0 Å². The van der Waals surface area contributed by atoms with E-state index in [1.165, 1.54) is 25.7 Å². The SMILES string of the molecule is CCCCOCCOCCOCCC1(CN)CCC(C)C1. The highest BCUT2D eigenvalue weighted by Gasteiger charge is 2.35. The number of unbranched alkanes of at least 4 members (excludes halogenated alkanes) is 1. The normalized spacial score (nSPS) is 25.6. The van der Waals surface area contributed by atoms with E-state index in [1.54, 1.807) is 0 Å². The molecule has 0 bridgehead atoms. The molecule has 2 atom stereocenters. The summed E-state index contributed by atoms with van der Waals surface area (Å²) in [6, 6.07) is 0. The summed E-state index contributed by atoms with van der Waals surface area (Å²) in [7, 11) is 0. The van der Waals surface area contributed by atoms with Crippen LogP contribution in [-0.4, -0.2) is 46.2 Å². The predicted molar refractivity (Wildman–Crippen MR) is 86.5 cm³/mol. The molecule has 0 radical (unpaired) electrons. The molecule has 0 saturated heterocycles. The summed E-state index contributed by atoms with van der Waals surface area (Å²) in [5, 5.41) is 0. The van der Waals surface area contributed by atoms with Crippen LogP contribution in [-0.2, 0) is 14.2 Å². The van der Waals surface area contributed by atoms with E-state index in [-0.39, 0.29) is 0 Å². The highest BCUT2D eigenvalue weighted by atomic mass is 16.5. The molecule has 1 rings (SSSR count). The Morgan fingerprint density at radius 2 is 1.62 bits per heavy atom. The second-order valence-corrected chi connectivity index (χ2v) is 6.49. The van der Waals surface area contributed by atoms with Gasteiger partial charge in [0, 0.05) is 13.2 Å². The molecule has 1 aliphatic rings. The van der Waals surface area contributed by atoms with E-state index < -0.39 is 0 Å². The van der Waals surface area contributed by atoms with Crippen molar-refractivity contribution in [2.45, 2.75) is 52.4 Å². The van der Waals surface area contributed by atoms with Gasteiger partial charge in [-0.2, -0.15) is 0 Å². The predicted octanol–water partition coefficient (Wildman–Crippen LogP) is 2.99. The molecule has 126 valence electrons. The van der Waals surface area contributed by atoms with Crippen molar-refractivity contribution in [1.82, 2.24) is 0 Å². The molecule has 2 N–H and O–H groups in total. The summed E-state index contributed by atoms with van der Waals surface area (Å²) in [5.41, 5.74) is 6.31. The molecule has 0 aliphatic heterocycles. The minimum Gasteiger partial charge on any atom is -0.379 e. The standard InChI is InChI=1S/C17H35NO3/c1-3-4-8-19-10-12-21-13-11-20-9-7-17(15-18)6-5-16(2)14-17/h16H,3-15,18H2,1-2H3. The molecule has 0 spiro atoms. The van der Waals surface area contributed by atoms with Crippen molar-refractivity contribution in [1.29, 1.82) is 0 Å². The van der Waals surface area contributed by atoms with Crippen LogP contribution >= 0.6 is 0 Å². The minimum absolute atomic E-state index is 0.341. The molecule has 1 aliphatic carbocycles. The minimum atomic E-state index is 0.341. The van der Waals surface area contributed by atoms with Gasteiger partial charge in [0.05, 0.1) is 26.4 Å². The Balaban J connectivity index is 1.88. The fourth-order valence-corrected chi connectivity index (χ4v) is 3.09. The third kappa shape index (κ3) is 8.15. The quantitative estimate of drug-likeness (QED) is 0.531. The van der Waals surface area contributed by atoms with Crippen molar-refractivity contribution in [2.24, 2.45) is 17.1 Å². The molecule has 0 aromatic heterocycles. The van der Waals surface area contributed by atoms with Gasteiger partial charge in [-0.1, -0.05) is 26.7 Å². The molecule has 0 heterocycles. The Bertz CT molecular complexity index is 250. The van der Waals surface area contributed by atoms with E-state index in [1.807, 2.05) is 0 Å². The van der Waals surface area contributed by atoms with Gasteiger partial charge in [0.15, 0.2) is 0 Å². The van der Waals surface area contributed by atoms with E-state index in [2.05, 4.69) is 13.8 Å². The monoisotopic (exact) mass is 301 g/mol. The van der Waals surface area contributed by atoms with Crippen LogP contribution in [0.15, 0.2) is 0 Å². The van der Waals surface area contributed by atoms with Gasteiger partial charge in [0.1, 0.15) is 0 Å². The lowest BCUT2D eigenvalue weighted by atomic mass is 9.82. The van der Waals surface area contributed by atoms with Gasteiger partial charge in [0.2, 0.25) is 0 Å². The summed E-state index contributed by atoms with van der Waals surface area (Å²) in [6.45, 7) is 9.62. The van der Waals surface area contributed by atoms with Gasteiger partial charge in [-0.05, 0) is 43.6 Å². The third-order valence-electron chi connectivity index (χ3n) is 4.54. The van der Waals surface area contributed by atoms with E-state index in [0.29, 0.717) is 31.8 Å². The number of hydrogen-bond acceptors (Lipinski definition) is 4. The summed E-state index contributed by atoms with van der Waals surface area (Å²) in [5.74, 6) is 0.824. The van der Waals surface area contributed by atoms with Gasteiger partial charge >= 0.3 is 0 Å². The van der Waals surface area contributed by atoms with Crippen molar-refractivity contribution in [2.75, 3.05) is 46.2 Å². The van der Waals surface area contributed by atoms with Gasteiger partial charge in [-0.3, -0.25) is 0 Å². The summed E-state index contributed by atoms with van der Waals surface area (Å²) >= 11 is 0. The van der Waals surface area contributed by atoms with E-state index in [0.717, 1.165) is 38.5 Å². The largest absolute Gasteiger partial charge is 0.379 e. The first kappa shape index (κ1) is 18.9. The fraction of sp³-hybridized carbons (Fsp3) is 1.00. The van der Waals surface area contributed by atoms with E-state index >= 15 is 0 Å². The first-order valence-electron chi connectivity index (χ1n) is 8.66. The van der Waals surface area contributed by atoms with Crippen LogP contribution in [0.5, 0.6) is 0 Å². The van der Waals surface area contributed by atoms with Gasteiger partial charge in [-0.15, -0.1) is 0 Å². The topological polar surface area (TPSA) is 53.7 Å². The molecule has 1 saturated carbocycles. The Kier molecular flexibility index (Phi) is 10.3. The first-order chi connectivity index (χ1) is 10.2. The number of ether oxygens (including phenoxy) is 3. The molecule has 0 aromatic rings. The molecule has 0 amide bonds. The highest BCUT2D eigenvalue weighted by molar-refractivity contribution is 4.88. The van der Waals surface area contributed by atoms with Crippen LogP contribution in [0.25, 0.3) is 0 Å². The maximum Gasteiger partial charge on any atom is 0.0701 e. The van der Waals surface area contributed by atoms with Crippen LogP contribution in [0, 0.1) is 11.3 Å². The van der Waals surface area contributed by atoms with Crippen LogP contribution < -0.4 is 5.73 Å². The maximum atomic E-state index is 5.97. The molecular formula is C17H35NO3. The highest BCUT2D eigenvalue weighted by Crippen LogP contribution is 2.43. The molecule has 1 fully saturated rings. The average Bonchev–Trinajstić information content (AvgIpc) is 2.87. The zero-order chi connectivity index (χ0) is 15.4. The number of nitrogens with two attached hydrogens (primary N) is 1. The lowest BCUT2D eigenvalue weighted by Gasteiger charge is -2.27. The Morgan fingerprint density at radius 3 is 2.14 bits per heavy atom. The second-order valence-electron chi connectivity index (χ2n) is 6.49. The molecule has 0 aromatic carbocycles. The number of hydrogen-bond donors (Lipinski definition) is 1. The summed E-state index contributed by atoms with van der Waals surface area (Å²) in [6.07, 6.45) is 7.24. The zero-order valence-electron chi connectivity index (χ0n) is 14.1. The van der Waals surface area contributed by atoms with E-state index in [9.17, 15) is 0 Å². The lowest BCUT2D eigenvalue weighted by molar-refractivity contribution is 0.00823. The smallest absolute Gasteiger partial charge is 0.0701 e. The summed E-state index contributed by atoms with van der Waals surface area (Å²) in [4.78, 5) is 0. The first-order valence-corrected chi connectivity index (χ1v) is 8.66. The molecule has 4 nitrogen and oxygen atoms in total. The van der Waals surface area contributed by atoms with Crippen molar-refractivity contribution in [3.8, 4) is 0 Å². The zero-order valence-corrected chi connectivity index (χ0v) is 14.1. The van der Waals surface area contributed by atoms with E-state index in [4.69, 9.17) is 19.9 Å². The van der Waals surface area contributed by atoms with Crippen molar-refractivity contribution in [3.63, 3.8) is 0 Å². The second kappa shape index (κ2) is 11.4. The molecule has 21 heavy (non-hydrogen) atoms. The van der Waals surface area contributed by atoms with Crippen LogP contribution in [0.4, 0.5) is 0 Å². The molecule has 4 heteroatoms.